The molecule has 2 unspecified atom stereocenters. The van der Waals surface area contributed by atoms with Gasteiger partial charge in [-0.2, -0.15) is 4.52 Å². The second kappa shape index (κ2) is 6.78. The molecule has 2 atom stereocenters. The van der Waals surface area contributed by atoms with Gasteiger partial charge in [0.25, 0.3) is 0 Å². The summed E-state index contributed by atoms with van der Waals surface area (Å²) >= 11 is 0. The summed E-state index contributed by atoms with van der Waals surface area (Å²) in [5.41, 5.74) is 1.73. The molecule has 0 saturated carbocycles. The number of morpholine rings is 1. The molecule has 0 radical (unpaired) electrons. The van der Waals surface area contributed by atoms with E-state index in [-0.39, 0.29) is 12.2 Å². The number of hydrogen-bond acceptors (Lipinski definition) is 6. The fraction of sp³-hybridized carbons (Fsp3) is 0.389. The molecule has 4 rings (SSSR count). The normalized spacial score (nSPS) is 21.0. The van der Waals surface area contributed by atoms with E-state index in [1.165, 1.54) is 0 Å². The summed E-state index contributed by atoms with van der Waals surface area (Å²) in [4.78, 5) is 2.23. The molecule has 1 aliphatic heterocycles. The van der Waals surface area contributed by atoms with Gasteiger partial charge in [0.15, 0.2) is 11.5 Å². The van der Waals surface area contributed by atoms with Crippen molar-refractivity contribution < 1.29 is 9.47 Å². The van der Waals surface area contributed by atoms with Crippen LogP contribution in [0, 0.1) is 0 Å². The highest BCUT2D eigenvalue weighted by atomic mass is 16.5. The maximum Gasteiger partial charge on any atom is 0.185 e. The van der Waals surface area contributed by atoms with Crippen LogP contribution in [0.4, 0.5) is 5.82 Å². The summed E-state index contributed by atoms with van der Waals surface area (Å²) in [6.45, 7) is 4.19. The van der Waals surface area contributed by atoms with Crippen molar-refractivity contribution in [1.29, 1.82) is 0 Å². The third-order valence-electron chi connectivity index (χ3n) is 4.28. The van der Waals surface area contributed by atoms with Crippen molar-refractivity contribution in [1.82, 2.24) is 19.8 Å². The van der Waals surface area contributed by atoms with Crippen LogP contribution in [0.1, 0.15) is 6.92 Å². The van der Waals surface area contributed by atoms with E-state index in [1.807, 2.05) is 42.5 Å². The van der Waals surface area contributed by atoms with Crippen LogP contribution in [0.25, 0.3) is 17.0 Å². The highest BCUT2D eigenvalue weighted by Gasteiger charge is 2.26. The van der Waals surface area contributed by atoms with E-state index in [4.69, 9.17) is 14.6 Å². The monoisotopic (exact) mass is 339 g/mol. The molecule has 25 heavy (non-hydrogen) atoms. The van der Waals surface area contributed by atoms with Crippen LogP contribution in [0.3, 0.4) is 0 Å². The zero-order valence-electron chi connectivity index (χ0n) is 14.4. The molecule has 1 saturated heterocycles. The first-order valence-electron chi connectivity index (χ1n) is 8.42. The smallest absolute Gasteiger partial charge is 0.185 e. The topological polar surface area (TPSA) is 64.8 Å². The third-order valence-corrected chi connectivity index (χ3v) is 4.28. The Kier molecular flexibility index (Phi) is 4.33. The minimum absolute atomic E-state index is 0.0424. The lowest BCUT2D eigenvalue weighted by atomic mass is 10.2. The molecule has 3 aromatic rings. The summed E-state index contributed by atoms with van der Waals surface area (Å²) in [5.74, 6) is 1.63. The summed E-state index contributed by atoms with van der Waals surface area (Å²) in [6, 6.07) is 13.9. The van der Waals surface area contributed by atoms with Crippen LogP contribution >= 0.6 is 0 Å². The Morgan fingerprint density at radius 2 is 1.96 bits per heavy atom. The predicted octanol–water partition coefficient (Wildman–Crippen LogP) is 2.03. The Morgan fingerprint density at radius 3 is 2.76 bits per heavy atom. The minimum atomic E-state index is 0.0424. The number of hydrogen-bond donors (Lipinski definition) is 0. The lowest BCUT2D eigenvalue weighted by Crippen LogP contribution is -2.48. The quantitative estimate of drug-likeness (QED) is 0.725. The van der Waals surface area contributed by atoms with Gasteiger partial charge in [-0.25, -0.2) is 0 Å². The minimum Gasteiger partial charge on any atom is -0.382 e. The average molecular weight is 339 g/mol. The number of anilines is 1. The van der Waals surface area contributed by atoms with Crippen LogP contribution in [-0.4, -0.2) is 58.8 Å². The molecule has 0 aliphatic carbocycles. The van der Waals surface area contributed by atoms with Gasteiger partial charge in [-0.15, -0.1) is 15.3 Å². The van der Waals surface area contributed by atoms with E-state index < -0.39 is 0 Å². The van der Waals surface area contributed by atoms with Crippen LogP contribution in [-0.2, 0) is 9.47 Å². The van der Waals surface area contributed by atoms with Gasteiger partial charge in [0.05, 0.1) is 18.8 Å². The number of methoxy groups -OCH3 is 1. The number of nitrogens with zero attached hydrogens (tertiary/aromatic N) is 5. The third kappa shape index (κ3) is 3.20. The van der Waals surface area contributed by atoms with Gasteiger partial charge in [0.2, 0.25) is 0 Å². The fourth-order valence-corrected chi connectivity index (χ4v) is 3.23. The molecule has 1 aliphatic rings. The Bertz CT molecular complexity index is 851. The molecule has 1 fully saturated rings. The van der Waals surface area contributed by atoms with Gasteiger partial charge >= 0.3 is 0 Å². The van der Waals surface area contributed by atoms with Gasteiger partial charge < -0.3 is 14.4 Å². The van der Waals surface area contributed by atoms with E-state index in [0.717, 1.165) is 35.9 Å². The maximum absolute atomic E-state index is 5.92. The molecule has 2 aromatic heterocycles. The van der Waals surface area contributed by atoms with Crippen molar-refractivity contribution in [3.05, 3.63) is 42.5 Å². The molecule has 0 N–H and O–H groups in total. The molecule has 0 bridgehead atoms. The second-order valence-corrected chi connectivity index (χ2v) is 6.28. The maximum atomic E-state index is 5.92. The van der Waals surface area contributed by atoms with E-state index in [0.29, 0.717) is 6.61 Å². The highest BCUT2D eigenvalue weighted by molar-refractivity contribution is 5.59. The number of benzene rings is 1. The standard InChI is InChI=1S/C18H21N5O2/c1-13-10-22(11-15(25-13)12-24-2)17-9-8-16-19-20-18(23(16)21-17)14-6-4-3-5-7-14/h3-9,13,15H,10-12H2,1-2H3. The zero-order valence-corrected chi connectivity index (χ0v) is 14.4. The Labute approximate surface area is 146 Å². The van der Waals surface area contributed by atoms with Crippen molar-refractivity contribution in [2.45, 2.75) is 19.1 Å². The highest BCUT2D eigenvalue weighted by Crippen LogP contribution is 2.22. The summed E-state index contributed by atoms with van der Waals surface area (Å²) in [5, 5.41) is 13.3. The SMILES string of the molecule is COCC1CN(c2ccc3nnc(-c4ccccc4)n3n2)CC(C)O1. The van der Waals surface area contributed by atoms with Crippen LogP contribution in [0.2, 0.25) is 0 Å². The molecule has 3 heterocycles. The Hall–Kier alpha value is -2.51. The largest absolute Gasteiger partial charge is 0.382 e. The van der Waals surface area contributed by atoms with Gasteiger partial charge in [0, 0.05) is 25.8 Å². The molecule has 7 heteroatoms. The first-order valence-corrected chi connectivity index (χ1v) is 8.42. The van der Waals surface area contributed by atoms with Crippen molar-refractivity contribution in [3.63, 3.8) is 0 Å². The van der Waals surface area contributed by atoms with Crippen molar-refractivity contribution in [2.75, 3.05) is 31.7 Å². The molecule has 0 spiro atoms. The Morgan fingerprint density at radius 1 is 1.12 bits per heavy atom. The number of ether oxygens (including phenoxy) is 2. The molecule has 0 amide bonds. The lowest BCUT2D eigenvalue weighted by Gasteiger charge is -2.37. The molecule has 7 nitrogen and oxygen atoms in total. The average Bonchev–Trinajstić information content (AvgIpc) is 3.05. The Balaban J connectivity index is 1.69. The van der Waals surface area contributed by atoms with Crippen LogP contribution in [0.5, 0.6) is 0 Å². The fourth-order valence-electron chi connectivity index (χ4n) is 3.23. The predicted molar refractivity (Wildman–Crippen MR) is 94.6 cm³/mol. The van der Waals surface area contributed by atoms with Gasteiger partial charge in [0.1, 0.15) is 5.82 Å². The molecular formula is C18H21N5O2. The number of rotatable bonds is 4. The summed E-state index contributed by atoms with van der Waals surface area (Å²) in [7, 11) is 1.70. The van der Waals surface area contributed by atoms with Crippen LogP contribution in [0.15, 0.2) is 42.5 Å². The van der Waals surface area contributed by atoms with Gasteiger partial charge in [-0.3, -0.25) is 0 Å². The van der Waals surface area contributed by atoms with Gasteiger partial charge in [-0.05, 0) is 19.1 Å². The molecular weight excluding hydrogens is 318 g/mol. The van der Waals surface area contributed by atoms with E-state index in [1.54, 1.807) is 11.6 Å². The summed E-state index contributed by atoms with van der Waals surface area (Å²) < 4.78 is 13.0. The second-order valence-electron chi connectivity index (χ2n) is 6.28. The molecule has 130 valence electrons. The zero-order chi connectivity index (χ0) is 17.2. The van der Waals surface area contributed by atoms with Crippen LogP contribution < -0.4 is 4.90 Å². The van der Waals surface area contributed by atoms with Crippen molar-refractivity contribution >= 4 is 11.5 Å². The lowest BCUT2D eigenvalue weighted by molar-refractivity contribution is -0.0513. The van der Waals surface area contributed by atoms with Crippen molar-refractivity contribution in [2.24, 2.45) is 0 Å². The first-order chi connectivity index (χ1) is 12.2. The summed E-state index contributed by atoms with van der Waals surface area (Å²) in [6.07, 6.45) is 0.168. The molecule has 1 aromatic carbocycles. The van der Waals surface area contributed by atoms with E-state index >= 15 is 0 Å². The van der Waals surface area contributed by atoms with Gasteiger partial charge in [-0.1, -0.05) is 30.3 Å². The van der Waals surface area contributed by atoms with Crippen molar-refractivity contribution in [3.8, 4) is 11.4 Å². The number of aromatic nitrogens is 4. The van der Waals surface area contributed by atoms with E-state index in [2.05, 4.69) is 22.0 Å². The van der Waals surface area contributed by atoms with E-state index in [9.17, 15) is 0 Å². The first kappa shape index (κ1) is 16.0. The number of fused-ring (bicyclic) bond motifs is 1.